The van der Waals surface area contributed by atoms with Crippen LogP contribution in [0.1, 0.15) is 37.9 Å². The largest absolute Gasteiger partial charge is 0.497 e. The molecule has 1 aliphatic heterocycles. The number of fused-ring (bicyclic) bond motifs is 1. The van der Waals surface area contributed by atoms with Gasteiger partial charge in [-0.2, -0.15) is 5.10 Å². The maximum absolute atomic E-state index is 5.32. The van der Waals surface area contributed by atoms with Crippen LogP contribution in [-0.4, -0.2) is 23.4 Å². The molecular weight excluding hydrogens is 262 g/mol. The van der Waals surface area contributed by atoms with E-state index in [-0.39, 0.29) is 5.41 Å². The summed E-state index contributed by atoms with van der Waals surface area (Å²) in [7, 11) is 1.71. The molecule has 1 unspecified atom stereocenters. The summed E-state index contributed by atoms with van der Waals surface area (Å²) < 4.78 is 7.41. The molecule has 1 aliphatic rings. The number of hydrogen-bond donors (Lipinski definition) is 1. The third-order valence-electron chi connectivity index (χ3n) is 4.04. The third-order valence-corrected chi connectivity index (χ3v) is 4.04. The highest BCUT2D eigenvalue weighted by Crippen LogP contribution is 2.30. The Morgan fingerprint density at radius 3 is 2.81 bits per heavy atom. The number of nitrogens with zero attached hydrogens (tertiary/aromatic N) is 2. The van der Waals surface area contributed by atoms with Crippen LogP contribution in [0.4, 0.5) is 5.82 Å². The molecular formula is C17H23N3O. The Morgan fingerprint density at radius 2 is 2.10 bits per heavy atom. The highest BCUT2D eigenvalue weighted by atomic mass is 16.5. The summed E-state index contributed by atoms with van der Waals surface area (Å²) in [6.45, 7) is 8.43. The van der Waals surface area contributed by atoms with Crippen LogP contribution in [0.15, 0.2) is 30.3 Å². The molecule has 0 bridgehead atoms. The summed E-state index contributed by atoms with van der Waals surface area (Å²) in [5.74, 6) is 2.45. The van der Waals surface area contributed by atoms with Gasteiger partial charge in [-0.25, -0.2) is 4.68 Å². The lowest BCUT2D eigenvalue weighted by Crippen LogP contribution is -2.26. The number of methoxy groups -OCH3 is 1. The summed E-state index contributed by atoms with van der Waals surface area (Å²) in [6.07, 6.45) is 0. The quantitative estimate of drug-likeness (QED) is 0.919. The van der Waals surface area contributed by atoms with Gasteiger partial charge in [-0.15, -0.1) is 0 Å². The first kappa shape index (κ1) is 14.0. The molecule has 0 amide bonds. The van der Waals surface area contributed by atoms with Gasteiger partial charge in [0.15, 0.2) is 0 Å². The summed E-state index contributed by atoms with van der Waals surface area (Å²) in [4.78, 5) is 0. The van der Waals surface area contributed by atoms with Gasteiger partial charge in [0.2, 0.25) is 0 Å². The van der Waals surface area contributed by atoms with E-state index in [1.54, 1.807) is 7.11 Å². The zero-order chi connectivity index (χ0) is 15.0. The molecule has 0 radical (unpaired) electrons. The van der Waals surface area contributed by atoms with Gasteiger partial charge in [-0.1, -0.05) is 32.9 Å². The van der Waals surface area contributed by atoms with E-state index < -0.39 is 0 Å². The molecule has 1 aromatic carbocycles. The van der Waals surface area contributed by atoms with E-state index in [2.05, 4.69) is 49.0 Å². The van der Waals surface area contributed by atoms with E-state index in [1.807, 2.05) is 12.1 Å². The smallest absolute Gasteiger partial charge is 0.124 e. The Bertz CT molecular complexity index is 640. The second kappa shape index (κ2) is 5.10. The molecule has 2 heterocycles. The van der Waals surface area contributed by atoms with Crippen LogP contribution in [0.3, 0.4) is 0 Å². The first-order valence-corrected chi connectivity index (χ1v) is 7.43. The number of ether oxygens (including phenoxy) is 1. The van der Waals surface area contributed by atoms with Crippen LogP contribution in [0.25, 0.3) is 0 Å². The highest BCUT2D eigenvalue weighted by molar-refractivity contribution is 5.43. The Morgan fingerprint density at radius 1 is 1.29 bits per heavy atom. The summed E-state index contributed by atoms with van der Waals surface area (Å²) >= 11 is 0. The van der Waals surface area contributed by atoms with Gasteiger partial charge < -0.3 is 10.1 Å². The Kier molecular flexibility index (Phi) is 3.40. The lowest BCUT2D eigenvalue weighted by Gasteiger charge is -2.25. The average Bonchev–Trinajstić information content (AvgIpc) is 2.90. The number of benzene rings is 1. The summed E-state index contributed by atoms with van der Waals surface area (Å²) in [5, 5.41) is 8.26. The van der Waals surface area contributed by atoms with Crippen LogP contribution in [-0.2, 0) is 12.0 Å². The van der Waals surface area contributed by atoms with E-state index >= 15 is 0 Å². The molecule has 4 nitrogen and oxygen atoms in total. The van der Waals surface area contributed by atoms with Crippen LogP contribution in [0.2, 0.25) is 0 Å². The maximum atomic E-state index is 5.32. The monoisotopic (exact) mass is 285 g/mol. The molecule has 1 atom stereocenters. The fourth-order valence-corrected chi connectivity index (χ4v) is 2.68. The van der Waals surface area contributed by atoms with Gasteiger partial charge in [0.25, 0.3) is 0 Å². The molecule has 0 saturated carbocycles. The second-order valence-electron chi connectivity index (χ2n) is 6.70. The molecule has 1 N–H and O–H groups in total. The summed E-state index contributed by atoms with van der Waals surface area (Å²) in [6, 6.07) is 10.5. The van der Waals surface area contributed by atoms with Crippen molar-refractivity contribution in [2.24, 2.45) is 0 Å². The predicted molar refractivity (Wildman–Crippen MR) is 85.2 cm³/mol. The Balaban J connectivity index is 1.85. The van der Waals surface area contributed by atoms with Crippen molar-refractivity contribution in [2.75, 3.05) is 19.0 Å². The standard InChI is InChI=1S/C17H23N3O/c1-17(2,3)15-9-16-18-10-13(11-20(16)19-15)12-6-5-7-14(8-12)21-4/h5-9,13,18H,10-11H2,1-4H3. The normalized spacial score (nSPS) is 18.0. The van der Waals surface area contributed by atoms with E-state index in [9.17, 15) is 0 Å². The number of hydrogen-bond acceptors (Lipinski definition) is 3. The van der Waals surface area contributed by atoms with Gasteiger partial charge in [-0.3, -0.25) is 0 Å². The molecule has 0 aliphatic carbocycles. The van der Waals surface area contributed by atoms with E-state index in [4.69, 9.17) is 9.84 Å². The van der Waals surface area contributed by atoms with Gasteiger partial charge in [0.1, 0.15) is 11.6 Å². The van der Waals surface area contributed by atoms with Crippen LogP contribution < -0.4 is 10.1 Å². The van der Waals surface area contributed by atoms with Gasteiger partial charge >= 0.3 is 0 Å². The van der Waals surface area contributed by atoms with Crippen molar-refractivity contribution >= 4 is 5.82 Å². The van der Waals surface area contributed by atoms with Gasteiger partial charge in [-0.05, 0) is 17.7 Å². The van der Waals surface area contributed by atoms with Crippen LogP contribution in [0, 0.1) is 0 Å². The van der Waals surface area contributed by atoms with Crippen LogP contribution in [0.5, 0.6) is 5.75 Å². The minimum atomic E-state index is 0.0808. The zero-order valence-electron chi connectivity index (χ0n) is 13.2. The molecule has 21 heavy (non-hydrogen) atoms. The fraction of sp³-hybridized carbons (Fsp3) is 0.471. The topological polar surface area (TPSA) is 39.1 Å². The number of rotatable bonds is 2. The number of aromatic nitrogens is 2. The molecule has 3 rings (SSSR count). The highest BCUT2D eigenvalue weighted by Gasteiger charge is 2.25. The minimum absolute atomic E-state index is 0.0808. The second-order valence-corrected chi connectivity index (χ2v) is 6.70. The SMILES string of the molecule is COc1cccc(C2CNc3cc(C(C)(C)C)nn3C2)c1. The first-order valence-electron chi connectivity index (χ1n) is 7.43. The molecule has 0 spiro atoms. The molecule has 4 heteroatoms. The van der Waals surface area contributed by atoms with Crippen molar-refractivity contribution in [3.8, 4) is 5.75 Å². The fourth-order valence-electron chi connectivity index (χ4n) is 2.68. The number of anilines is 1. The summed E-state index contributed by atoms with van der Waals surface area (Å²) in [5.41, 5.74) is 2.51. The predicted octanol–water partition coefficient (Wildman–Crippen LogP) is 3.40. The van der Waals surface area contributed by atoms with Crippen molar-refractivity contribution in [1.29, 1.82) is 0 Å². The molecule has 112 valence electrons. The Hall–Kier alpha value is -1.97. The lowest BCUT2D eigenvalue weighted by molar-refractivity contribution is 0.412. The van der Waals surface area contributed by atoms with Gasteiger partial charge in [0.05, 0.1) is 19.3 Å². The van der Waals surface area contributed by atoms with Crippen molar-refractivity contribution in [2.45, 2.75) is 38.6 Å². The maximum Gasteiger partial charge on any atom is 0.124 e. The van der Waals surface area contributed by atoms with Crippen molar-refractivity contribution in [3.05, 3.63) is 41.6 Å². The average molecular weight is 285 g/mol. The first-order chi connectivity index (χ1) is 9.97. The molecule has 0 saturated heterocycles. The Labute approximate surface area is 126 Å². The van der Waals surface area contributed by atoms with E-state index in [0.717, 1.165) is 30.4 Å². The minimum Gasteiger partial charge on any atom is -0.497 e. The lowest BCUT2D eigenvalue weighted by atomic mass is 9.92. The third kappa shape index (κ3) is 2.75. The van der Waals surface area contributed by atoms with Crippen molar-refractivity contribution in [3.63, 3.8) is 0 Å². The van der Waals surface area contributed by atoms with Crippen molar-refractivity contribution in [1.82, 2.24) is 9.78 Å². The molecule has 1 aromatic heterocycles. The van der Waals surface area contributed by atoms with Crippen LogP contribution >= 0.6 is 0 Å². The zero-order valence-corrected chi connectivity index (χ0v) is 13.2. The molecule has 0 fully saturated rings. The van der Waals surface area contributed by atoms with E-state index in [0.29, 0.717) is 5.92 Å². The number of nitrogens with one attached hydrogen (secondary N) is 1. The van der Waals surface area contributed by atoms with Gasteiger partial charge in [0, 0.05) is 23.9 Å². The van der Waals surface area contributed by atoms with Crippen molar-refractivity contribution < 1.29 is 4.74 Å². The molecule has 2 aromatic rings. The van der Waals surface area contributed by atoms with E-state index in [1.165, 1.54) is 5.56 Å².